The standard InChI is InChI=1S/C17H12BrClFNO3S/c18-10-2-1-9(12(20)5-10)8-21-13-6-11(19)3-4-14(13)25-15(17(21)24)7-16(22)23/h1-6,15H,7-8H2,(H,22,23). The third kappa shape index (κ3) is 3.99. The van der Waals surface area contributed by atoms with Crippen LogP contribution in [0.2, 0.25) is 5.02 Å². The smallest absolute Gasteiger partial charge is 0.305 e. The van der Waals surface area contributed by atoms with E-state index in [2.05, 4.69) is 15.9 Å². The van der Waals surface area contributed by atoms with E-state index in [4.69, 9.17) is 16.7 Å². The van der Waals surface area contributed by atoms with Gasteiger partial charge < -0.3 is 10.0 Å². The van der Waals surface area contributed by atoms with Crippen molar-refractivity contribution in [3.8, 4) is 0 Å². The Morgan fingerprint density at radius 3 is 2.76 bits per heavy atom. The number of benzene rings is 2. The highest BCUT2D eigenvalue weighted by atomic mass is 79.9. The SMILES string of the molecule is O=C(O)CC1Sc2ccc(Cl)cc2N(Cc2ccc(Br)cc2F)C1=O. The van der Waals surface area contributed by atoms with E-state index in [0.717, 1.165) is 4.90 Å². The molecule has 0 radical (unpaired) electrons. The van der Waals surface area contributed by atoms with Crippen molar-refractivity contribution in [1.29, 1.82) is 0 Å². The predicted molar refractivity (Wildman–Crippen MR) is 98.6 cm³/mol. The van der Waals surface area contributed by atoms with Crippen molar-refractivity contribution in [2.24, 2.45) is 0 Å². The summed E-state index contributed by atoms with van der Waals surface area (Å²) < 4.78 is 14.8. The van der Waals surface area contributed by atoms with Gasteiger partial charge in [0.15, 0.2) is 0 Å². The summed E-state index contributed by atoms with van der Waals surface area (Å²) in [7, 11) is 0. The Labute approximate surface area is 161 Å². The van der Waals surface area contributed by atoms with Crippen LogP contribution < -0.4 is 4.90 Å². The van der Waals surface area contributed by atoms with Crippen LogP contribution in [0.3, 0.4) is 0 Å². The third-order valence-corrected chi connectivity index (χ3v) is 5.71. The van der Waals surface area contributed by atoms with E-state index in [-0.39, 0.29) is 18.9 Å². The van der Waals surface area contributed by atoms with Crippen LogP contribution >= 0.6 is 39.3 Å². The molecule has 1 amide bonds. The van der Waals surface area contributed by atoms with Crippen molar-refractivity contribution < 1.29 is 19.1 Å². The van der Waals surface area contributed by atoms with Gasteiger partial charge in [0, 0.05) is 20.0 Å². The maximum atomic E-state index is 14.2. The number of carbonyl (C=O) groups excluding carboxylic acids is 1. The number of hydrogen-bond acceptors (Lipinski definition) is 3. The van der Waals surface area contributed by atoms with Crippen LogP contribution in [0, 0.1) is 5.82 Å². The fourth-order valence-corrected chi connectivity index (χ4v) is 4.26. The van der Waals surface area contributed by atoms with Gasteiger partial charge in [-0.15, -0.1) is 11.8 Å². The molecular weight excluding hydrogens is 433 g/mol. The van der Waals surface area contributed by atoms with Gasteiger partial charge in [0.25, 0.3) is 0 Å². The normalized spacial score (nSPS) is 16.7. The number of amides is 1. The predicted octanol–water partition coefficient (Wildman–Crippen LogP) is 4.72. The van der Waals surface area contributed by atoms with E-state index in [9.17, 15) is 14.0 Å². The Morgan fingerprint density at radius 2 is 2.08 bits per heavy atom. The van der Waals surface area contributed by atoms with Gasteiger partial charge in [-0.1, -0.05) is 33.6 Å². The van der Waals surface area contributed by atoms with Gasteiger partial charge >= 0.3 is 5.97 Å². The van der Waals surface area contributed by atoms with Gasteiger partial charge in [-0.05, 0) is 30.3 Å². The highest BCUT2D eigenvalue weighted by Gasteiger charge is 2.35. The average Bonchev–Trinajstić information content (AvgIpc) is 2.53. The summed E-state index contributed by atoms with van der Waals surface area (Å²) in [5, 5.41) is 8.75. The zero-order chi connectivity index (χ0) is 18.1. The van der Waals surface area contributed by atoms with Crippen LogP contribution in [0.15, 0.2) is 45.8 Å². The minimum atomic E-state index is -1.06. The van der Waals surface area contributed by atoms with Gasteiger partial charge in [0.2, 0.25) is 5.91 Å². The number of carbonyl (C=O) groups is 2. The summed E-state index contributed by atoms with van der Waals surface area (Å²) in [6, 6.07) is 9.66. The lowest BCUT2D eigenvalue weighted by Crippen LogP contribution is -2.41. The molecule has 0 bridgehead atoms. The molecule has 2 aromatic rings. The van der Waals surface area contributed by atoms with Crippen LogP contribution in [-0.2, 0) is 16.1 Å². The summed E-state index contributed by atoms with van der Waals surface area (Å²) in [5.74, 6) is -1.87. The van der Waals surface area contributed by atoms with Crippen molar-refractivity contribution in [2.75, 3.05) is 4.90 Å². The summed E-state index contributed by atoms with van der Waals surface area (Å²) >= 11 is 10.4. The molecule has 0 aliphatic carbocycles. The maximum absolute atomic E-state index is 14.2. The topological polar surface area (TPSA) is 57.6 Å². The molecule has 1 unspecified atom stereocenters. The first-order valence-corrected chi connectivity index (χ1v) is 9.33. The molecular formula is C17H12BrClFNO3S. The van der Waals surface area contributed by atoms with E-state index in [0.29, 0.717) is 20.7 Å². The van der Waals surface area contributed by atoms with E-state index < -0.39 is 17.0 Å². The minimum Gasteiger partial charge on any atom is -0.481 e. The number of carboxylic acids is 1. The summed E-state index contributed by atoms with van der Waals surface area (Å²) in [4.78, 5) is 26.0. The molecule has 0 saturated carbocycles. The molecule has 0 spiro atoms. The lowest BCUT2D eigenvalue weighted by molar-refractivity contribution is -0.138. The van der Waals surface area contributed by atoms with Crippen molar-refractivity contribution in [2.45, 2.75) is 23.1 Å². The van der Waals surface area contributed by atoms with Crippen LogP contribution in [0.5, 0.6) is 0 Å². The molecule has 25 heavy (non-hydrogen) atoms. The second kappa shape index (κ2) is 7.35. The number of aliphatic carboxylic acids is 1. The fraction of sp³-hybridized carbons (Fsp3) is 0.176. The summed E-state index contributed by atoms with van der Waals surface area (Å²) in [6.07, 6.45) is -0.301. The Kier molecular flexibility index (Phi) is 5.36. The number of hydrogen-bond donors (Lipinski definition) is 1. The molecule has 0 saturated heterocycles. The Hall–Kier alpha value is -1.57. The fourth-order valence-electron chi connectivity index (χ4n) is 2.57. The second-order valence-electron chi connectivity index (χ2n) is 5.48. The van der Waals surface area contributed by atoms with Crippen molar-refractivity contribution in [3.63, 3.8) is 0 Å². The van der Waals surface area contributed by atoms with Gasteiger partial charge in [0.1, 0.15) is 5.82 Å². The zero-order valence-corrected chi connectivity index (χ0v) is 15.9. The number of anilines is 1. The largest absolute Gasteiger partial charge is 0.481 e. The Morgan fingerprint density at radius 1 is 1.32 bits per heavy atom. The Balaban J connectivity index is 2.01. The number of thioether (sulfide) groups is 1. The third-order valence-electron chi connectivity index (χ3n) is 3.73. The molecule has 8 heteroatoms. The molecule has 1 N–H and O–H groups in total. The first-order valence-electron chi connectivity index (χ1n) is 7.28. The second-order valence-corrected chi connectivity index (χ2v) is 8.07. The maximum Gasteiger partial charge on any atom is 0.305 e. The van der Waals surface area contributed by atoms with Crippen molar-refractivity contribution >= 4 is 56.9 Å². The number of rotatable bonds is 4. The minimum absolute atomic E-state index is 0.00195. The molecule has 2 aromatic carbocycles. The van der Waals surface area contributed by atoms with Crippen LogP contribution in [0.25, 0.3) is 0 Å². The van der Waals surface area contributed by atoms with E-state index in [1.54, 1.807) is 30.3 Å². The number of fused-ring (bicyclic) bond motifs is 1. The van der Waals surface area contributed by atoms with Crippen LogP contribution in [0.1, 0.15) is 12.0 Å². The molecule has 1 heterocycles. The molecule has 3 rings (SSSR count). The lowest BCUT2D eigenvalue weighted by Gasteiger charge is -2.33. The van der Waals surface area contributed by atoms with Gasteiger partial charge in [0.05, 0.1) is 23.9 Å². The molecule has 0 aromatic heterocycles. The zero-order valence-electron chi connectivity index (χ0n) is 12.7. The quantitative estimate of drug-likeness (QED) is 0.741. The Bertz CT molecular complexity index is 864. The average molecular weight is 445 g/mol. The summed E-state index contributed by atoms with van der Waals surface area (Å²) in [6.45, 7) is 0.00195. The highest BCUT2D eigenvalue weighted by Crippen LogP contribution is 2.42. The van der Waals surface area contributed by atoms with E-state index in [1.807, 2.05) is 0 Å². The summed E-state index contributed by atoms with van der Waals surface area (Å²) in [5.41, 5.74) is 0.898. The monoisotopic (exact) mass is 443 g/mol. The van der Waals surface area contributed by atoms with Crippen molar-refractivity contribution in [1.82, 2.24) is 0 Å². The van der Waals surface area contributed by atoms with Crippen LogP contribution in [0.4, 0.5) is 10.1 Å². The molecule has 1 atom stereocenters. The molecule has 130 valence electrons. The van der Waals surface area contributed by atoms with Gasteiger partial charge in [-0.3, -0.25) is 9.59 Å². The van der Waals surface area contributed by atoms with Gasteiger partial charge in [-0.25, -0.2) is 4.39 Å². The molecule has 1 aliphatic rings. The van der Waals surface area contributed by atoms with E-state index >= 15 is 0 Å². The number of carboxylic acid groups (broad SMARTS) is 1. The highest BCUT2D eigenvalue weighted by molar-refractivity contribution is 9.10. The molecule has 0 fully saturated rings. The van der Waals surface area contributed by atoms with E-state index in [1.165, 1.54) is 22.7 Å². The number of halogens is 3. The van der Waals surface area contributed by atoms with Crippen LogP contribution in [-0.4, -0.2) is 22.2 Å². The number of nitrogens with zero attached hydrogens (tertiary/aromatic N) is 1. The first kappa shape index (κ1) is 18.2. The molecule has 4 nitrogen and oxygen atoms in total. The first-order chi connectivity index (χ1) is 11.8. The lowest BCUT2D eigenvalue weighted by atomic mass is 10.1. The molecule has 1 aliphatic heterocycles. The van der Waals surface area contributed by atoms with Crippen molar-refractivity contribution in [3.05, 3.63) is 57.3 Å². The van der Waals surface area contributed by atoms with Gasteiger partial charge in [-0.2, -0.15) is 0 Å².